The Labute approximate surface area is 136 Å². The van der Waals surface area contributed by atoms with E-state index in [4.69, 9.17) is 28.9 Å². The lowest BCUT2D eigenvalue weighted by atomic mass is 9.90. The highest BCUT2D eigenvalue weighted by molar-refractivity contribution is 6.42. The number of rotatable bonds is 4. The van der Waals surface area contributed by atoms with Crippen LogP contribution in [0.2, 0.25) is 10.0 Å². The van der Waals surface area contributed by atoms with E-state index in [9.17, 15) is 4.79 Å². The van der Waals surface area contributed by atoms with Crippen molar-refractivity contribution in [3.05, 3.63) is 33.8 Å². The molecule has 0 atom stereocenters. The van der Waals surface area contributed by atoms with Gasteiger partial charge in [-0.3, -0.25) is 4.79 Å². The van der Waals surface area contributed by atoms with E-state index in [-0.39, 0.29) is 18.0 Å². The number of benzene rings is 1. The quantitative estimate of drug-likeness (QED) is 0.903. The molecule has 0 bridgehead atoms. The SMILES string of the molecule is CCCN(C(=O)c1ccc(Cl)c(Cl)c1)C1CCC(N)CC1. The first kappa shape index (κ1) is 16.6. The van der Waals surface area contributed by atoms with Crippen molar-refractivity contribution in [1.29, 1.82) is 0 Å². The third-order valence-electron chi connectivity index (χ3n) is 4.07. The second kappa shape index (κ2) is 7.48. The number of amides is 1. The molecule has 0 aliphatic heterocycles. The number of nitrogens with two attached hydrogens (primary N) is 1. The summed E-state index contributed by atoms with van der Waals surface area (Å²) < 4.78 is 0. The molecule has 0 heterocycles. The summed E-state index contributed by atoms with van der Waals surface area (Å²) in [4.78, 5) is 14.7. The van der Waals surface area contributed by atoms with Gasteiger partial charge in [0.25, 0.3) is 5.91 Å². The molecule has 0 aromatic heterocycles. The van der Waals surface area contributed by atoms with Crippen molar-refractivity contribution in [2.75, 3.05) is 6.54 Å². The minimum absolute atomic E-state index is 0.0379. The molecule has 0 spiro atoms. The predicted octanol–water partition coefficient (Wildman–Crippen LogP) is 4.12. The Kier molecular flexibility index (Phi) is 5.91. The van der Waals surface area contributed by atoms with Gasteiger partial charge in [-0.15, -0.1) is 0 Å². The second-order valence-corrected chi connectivity index (χ2v) is 6.51. The Balaban J connectivity index is 2.16. The number of halogens is 2. The lowest BCUT2D eigenvalue weighted by Gasteiger charge is -2.36. The van der Waals surface area contributed by atoms with Gasteiger partial charge in [0, 0.05) is 24.2 Å². The van der Waals surface area contributed by atoms with Crippen molar-refractivity contribution in [2.24, 2.45) is 5.73 Å². The van der Waals surface area contributed by atoms with Gasteiger partial charge in [0.15, 0.2) is 0 Å². The zero-order valence-corrected chi connectivity index (χ0v) is 13.8. The molecular weight excluding hydrogens is 307 g/mol. The van der Waals surface area contributed by atoms with E-state index in [1.807, 2.05) is 4.90 Å². The van der Waals surface area contributed by atoms with Crippen molar-refractivity contribution in [1.82, 2.24) is 4.90 Å². The predicted molar refractivity (Wildman–Crippen MR) is 88.0 cm³/mol. The highest BCUT2D eigenvalue weighted by Crippen LogP contribution is 2.27. The molecule has 1 saturated carbocycles. The standard InChI is InChI=1S/C16H22Cl2N2O/c1-2-9-20(13-6-4-12(19)5-7-13)16(21)11-3-8-14(17)15(18)10-11/h3,8,10,12-13H,2,4-7,9,19H2,1H3. The summed E-state index contributed by atoms with van der Waals surface area (Å²) in [5.74, 6) is 0.0379. The van der Waals surface area contributed by atoms with E-state index >= 15 is 0 Å². The topological polar surface area (TPSA) is 46.3 Å². The monoisotopic (exact) mass is 328 g/mol. The molecule has 116 valence electrons. The largest absolute Gasteiger partial charge is 0.336 e. The number of carbonyl (C=O) groups is 1. The van der Waals surface area contributed by atoms with Crippen molar-refractivity contribution < 1.29 is 4.79 Å². The van der Waals surface area contributed by atoms with Crippen LogP contribution in [0.15, 0.2) is 18.2 Å². The van der Waals surface area contributed by atoms with Crippen LogP contribution in [0.1, 0.15) is 49.4 Å². The molecule has 0 radical (unpaired) electrons. The molecule has 1 amide bonds. The number of hydrogen-bond acceptors (Lipinski definition) is 2. The fraction of sp³-hybridized carbons (Fsp3) is 0.562. The molecule has 0 unspecified atom stereocenters. The van der Waals surface area contributed by atoms with Gasteiger partial charge >= 0.3 is 0 Å². The highest BCUT2D eigenvalue weighted by atomic mass is 35.5. The van der Waals surface area contributed by atoms with Crippen molar-refractivity contribution in [3.8, 4) is 0 Å². The van der Waals surface area contributed by atoms with Crippen LogP contribution in [-0.2, 0) is 0 Å². The summed E-state index contributed by atoms with van der Waals surface area (Å²) in [5, 5.41) is 0.892. The summed E-state index contributed by atoms with van der Waals surface area (Å²) in [7, 11) is 0. The molecule has 1 aliphatic carbocycles. The molecule has 1 aromatic carbocycles. The second-order valence-electron chi connectivity index (χ2n) is 5.70. The minimum Gasteiger partial charge on any atom is -0.336 e. The third-order valence-corrected chi connectivity index (χ3v) is 4.81. The van der Waals surface area contributed by atoms with Gasteiger partial charge in [0.05, 0.1) is 10.0 Å². The van der Waals surface area contributed by atoms with E-state index in [1.165, 1.54) is 0 Å². The molecule has 3 nitrogen and oxygen atoms in total. The molecule has 2 rings (SSSR count). The van der Waals surface area contributed by atoms with E-state index < -0.39 is 0 Å². The minimum atomic E-state index is 0.0379. The van der Waals surface area contributed by atoms with E-state index in [2.05, 4.69) is 6.92 Å². The normalized spacial score (nSPS) is 22.1. The van der Waals surface area contributed by atoms with Gasteiger partial charge in [-0.2, -0.15) is 0 Å². The fourth-order valence-corrected chi connectivity index (χ4v) is 3.20. The Morgan fingerprint density at radius 1 is 1.24 bits per heavy atom. The van der Waals surface area contributed by atoms with Gasteiger partial charge in [-0.05, 0) is 50.3 Å². The van der Waals surface area contributed by atoms with Crippen LogP contribution in [0.4, 0.5) is 0 Å². The van der Waals surface area contributed by atoms with Crippen LogP contribution in [0.3, 0.4) is 0 Å². The number of hydrogen-bond donors (Lipinski definition) is 1. The van der Waals surface area contributed by atoms with Gasteiger partial charge in [-0.25, -0.2) is 0 Å². The smallest absolute Gasteiger partial charge is 0.254 e. The maximum absolute atomic E-state index is 12.8. The van der Waals surface area contributed by atoms with E-state index in [1.54, 1.807) is 18.2 Å². The summed E-state index contributed by atoms with van der Waals surface area (Å²) >= 11 is 11.9. The van der Waals surface area contributed by atoms with Gasteiger partial charge in [0.1, 0.15) is 0 Å². The molecule has 2 N–H and O–H groups in total. The first-order valence-corrected chi connectivity index (χ1v) is 8.30. The van der Waals surface area contributed by atoms with Gasteiger partial charge in [0.2, 0.25) is 0 Å². The van der Waals surface area contributed by atoms with Crippen molar-refractivity contribution in [2.45, 2.75) is 51.1 Å². The van der Waals surface area contributed by atoms with E-state index in [0.29, 0.717) is 15.6 Å². The van der Waals surface area contributed by atoms with Crippen LogP contribution in [0.5, 0.6) is 0 Å². The first-order valence-electron chi connectivity index (χ1n) is 7.54. The zero-order valence-electron chi connectivity index (χ0n) is 12.3. The molecule has 1 aromatic rings. The average Bonchev–Trinajstić information content (AvgIpc) is 2.48. The summed E-state index contributed by atoms with van der Waals surface area (Å²) in [6.07, 6.45) is 4.87. The zero-order chi connectivity index (χ0) is 15.4. The van der Waals surface area contributed by atoms with Crippen molar-refractivity contribution in [3.63, 3.8) is 0 Å². The molecule has 21 heavy (non-hydrogen) atoms. The van der Waals surface area contributed by atoms with Gasteiger partial charge < -0.3 is 10.6 Å². The molecule has 1 fully saturated rings. The van der Waals surface area contributed by atoms with Crippen LogP contribution >= 0.6 is 23.2 Å². The highest BCUT2D eigenvalue weighted by Gasteiger charge is 2.28. The molecule has 5 heteroatoms. The Morgan fingerprint density at radius 3 is 2.48 bits per heavy atom. The van der Waals surface area contributed by atoms with E-state index in [0.717, 1.165) is 38.6 Å². The maximum atomic E-state index is 12.8. The lowest BCUT2D eigenvalue weighted by Crippen LogP contribution is -2.44. The average molecular weight is 329 g/mol. The lowest BCUT2D eigenvalue weighted by molar-refractivity contribution is 0.0626. The van der Waals surface area contributed by atoms with Crippen LogP contribution in [0, 0.1) is 0 Å². The Hall–Kier alpha value is -0.770. The molecular formula is C16H22Cl2N2O. The van der Waals surface area contributed by atoms with Crippen LogP contribution in [0.25, 0.3) is 0 Å². The third kappa shape index (κ3) is 4.12. The molecule has 0 saturated heterocycles. The Morgan fingerprint density at radius 2 is 1.90 bits per heavy atom. The maximum Gasteiger partial charge on any atom is 0.254 e. The summed E-state index contributed by atoms with van der Waals surface area (Å²) in [5.41, 5.74) is 6.56. The number of carbonyl (C=O) groups excluding carboxylic acids is 1. The van der Waals surface area contributed by atoms with Crippen LogP contribution < -0.4 is 5.73 Å². The van der Waals surface area contributed by atoms with Crippen molar-refractivity contribution >= 4 is 29.1 Å². The molecule has 1 aliphatic rings. The van der Waals surface area contributed by atoms with Crippen LogP contribution in [-0.4, -0.2) is 29.4 Å². The van der Waals surface area contributed by atoms with Gasteiger partial charge in [-0.1, -0.05) is 30.1 Å². The first-order chi connectivity index (χ1) is 10.0. The summed E-state index contributed by atoms with van der Waals surface area (Å²) in [6, 6.07) is 5.64. The summed E-state index contributed by atoms with van der Waals surface area (Å²) in [6.45, 7) is 2.85. The Bertz CT molecular complexity index is 499. The number of nitrogens with zero attached hydrogens (tertiary/aromatic N) is 1. The fourth-order valence-electron chi connectivity index (χ4n) is 2.90.